The van der Waals surface area contributed by atoms with Gasteiger partial charge in [0.1, 0.15) is 0 Å². The van der Waals surface area contributed by atoms with Crippen LogP contribution in [-0.2, 0) is 11.2 Å². The highest BCUT2D eigenvalue weighted by Crippen LogP contribution is 2.36. The normalized spacial score (nSPS) is 25.2. The lowest BCUT2D eigenvalue weighted by atomic mass is 9.72. The number of benzene rings is 1. The van der Waals surface area contributed by atoms with Gasteiger partial charge in [-0.05, 0) is 30.2 Å². The van der Waals surface area contributed by atoms with Gasteiger partial charge in [-0.25, -0.2) is 0 Å². The summed E-state index contributed by atoms with van der Waals surface area (Å²) >= 11 is 0. The molecule has 16 heavy (non-hydrogen) atoms. The van der Waals surface area contributed by atoms with Gasteiger partial charge in [0.05, 0.1) is 0 Å². The summed E-state index contributed by atoms with van der Waals surface area (Å²) in [6.45, 7) is 3.03. The van der Waals surface area contributed by atoms with E-state index in [1.54, 1.807) is 0 Å². The maximum atomic E-state index is 11.5. The van der Waals surface area contributed by atoms with Gasteiger partial charge in [0.25, 0.3) is 0 Å². The van der Waals surface area contributed by atoms with E-state index in [1.807, 2.05) is 6.07 Å². The maximum absolute atomic E-state index is 11.5. The third-order valence-electron chi connectivity index (χ3n) is 3.69. The minimum absolute atomic E-state index is 0.184. The van der Waals surface area contributed by atoms with Crippen LogP contribution in [-0.4, -0.2) is 12.5 Å². The van der Waals surface area contributed by atoms with Crippen molar-refractivity contribution in [1.82, 2.24) is 5.32 Å². The monoisotopic (exact) mass is 217 g/mol. The fourth-order valence-corrected chi connectivity index (χ4v) is 2.57. The molecule has 0 aromatic heterocycles. The van der Waals surface area contributed by atoms with E-state index in [-0.39, 0.29) is 11.3 Å². The smallest absolute Gasteiger partial charge is 0.220 e. The Morgan fingerprint density at radius 3 is 2.69 bits per heavy atom. The van der Waals surface area contributed by atoms with E-state index in [4.69, 9.17) is 0 Å². The molecule has 1 saturated heterocycles. The van der Waals surface area contributed by atoms with Crippen LogP contribution in [0.5, 0.6) is 0 Å². The van der Waals surface area contributed by atoms with Crippen molar-refractivity contribution in [3.05, 3.63) is 35.9 Å². The van der Waals surface area contributed by atoms with E-state index in [9.17, 15) is 4.79 Å². The third-order valence-corrected chi connectivity index (χ3v) is 3.69. The predicted molar refractivity (Wildman–Crippen MR) is 65.1 cm³/mol. The fourth-order valence-electron chi connectivity index (χ4n) is 2.57. The second-order valence-electron chi connectivity index (χ2n) is 4.79. The number of carbonyl (C=O) groups excluding carboxylic acids is 1. The molecule has 1 aromatic carbocycles. The summed E-state index contributed by atoms with van der Waals surface area (Å²) in [5, 5.41) is 2.92. The molecule has 1 aliphatic heterocycles. The molecular formula is C14H19NO. The average molecular weight is 217 g/mol. The average Bonchev–Trinajstić information content (AvgIpc) is 2.30. The lowest BCUT2D eigenvalue weighted by Crippen LogP contribution is -2.41. The van der Waals surface area contributed by atoms with Gasteiger partial charge >= 0.3 is 0 Å². The number of hydrogen-bond donors (Lipinski definition) is 1. The summed E-state index contributed by atoms with van der Waals surface area (Å²) in [4.78, 5) is 11.5. The van der Waals surface area contributed by atoms with Crippen LogP contribution in [0.1, 0.15) is 31.7 Å². The molecular weight excluding hydrogens is 198 g/mol. The molecule has 86 valence electrons. The van der Waals surface area contributed by atoms with Gasteiger partial charge in [-0.3, -0.25) is 4.79 Å². The molecule has 0 spiro atoms. The Bertz CT molecular complexity index is 360. The van der Waals surface area contributed by atoms with E-state index in [2.05, 4.69) is 36.5 Å². The van der Waals surface area contributed by atoms with Crippen LogP contribution in [0.4, 0.5) is 0 Å². The van der Waals surface area contributed by atoms with Crippen LogP contribution < -0.4 is 5.32 Å². The molecule has 0 radical (unpaired) electrons. The van der Waals surface area contributed by atoms with Gasteiger partial charge in [-0.15, -0.1) is 0 Å². The molecule has 1 heterocycles. The van der Waals surface area contributed by atoms with Gasteiger partial charge < -0.3 is 5.32 Å². The van der Waals surface area contributed by atoms with Crippen molar-refractivity contribution in [1.29, 1.82) is 0 Å². The van der Waals surface area contributed by atoms with Crippen molar-refractivity contribution in [2.45, 2.75) is 32.6 Å². The minimum atomic E-state index is 0.184. The standard InChI is InChI=1S/C14H19NO/c1-2-14(8-9-15-13(16)11-14)10-12-6-4-3-5-7-12/h3-7H,2,8-11H2,1H3,(H,15,16). The van der Waals surface area contributed by atoms with Gasteiger partial charge in [0.2, 0.25) is 5.91 Å². The molecule has 1 amide bonds. The van der Waals surface area contributed by atoms with Crippen LogP contribution in [0.3, 0.4) is 0 Å². The minimum Gasteiger partial charge on any atom is -0.356 e. The van der Waals surface area contributed by atoms with E-state index in [0.29, 0.717) is 6.42 Å². The SMILES string of the molecule is CCC1(Cc2ccccc2)CCNC(=O)C1. The molecule has 1 unspecified atom stereocenters. The molecule has 1 fully saturated rings. The second-order valence-corrected chi connectivity index (χ2v) is 4.79. The van der Waals surface area contributed by atoms with E-state index >= 15 is 0 Å². The van der Waals surface area contributed by atoms with E-state index in [1.165, 1.54) is 5.56 Å². The van der Waals surface area contributed by atoms with Gasteiger partial charge in [0.15, 0.2) is 0 Å². The summed E-state index contributed by atoms with van der Waals surface area (Å²) in [5.41, 5.74) is 1.53. The van der Waals surface area contributed by atoms with Crippen molar-refractivity contribution in [3.63, 3.8) is 0 Å². The summed E-state index contributed by atoms with van der Waals surface area (Å²) in [5.74, 6) is 0.212. The number of carbonyl (C=O) groups is 1. The molecule has 1 N–H and O–H groups in total. The zero-order valence-corrected chi connectivity index (χ0v) is 9.83. The Balaban J connectivity index is 2.13. The van der Waals surface area contributed by atoms with Gasteiger partial charge in [-0.2, -0.15) is 0 Å². The largest absolute Gasteiger partial charge is 0.356 e. The third kappa shape index (κ3) is 2.43. The Morgan fingerprint density at radius 2 is 2.06 bits per heavy atom. The summed E-state index contributed by atoms with van der Waals surface area (Å²) in [6.07, 6.45) is 3.88. The molecule has 1 aliphatic rings. The molecule has 0 saturated carbocycles. The number of piperidine rings is 1. The second kappa shape index (κ2) is 4.69. The topological polar surface area (TPSA) is 29.1 Å². The van der Waals surface area contributed by atoms with Crippen LogP contribution in [0.15, 0.2) is 30.3 Å². The van der Waals surface area contributed by atoms with Crippen LogP contribution in [0, 0.1) is 5.41 Å². The number of amides is 1. The first-order valence-corrected chi connectivity index (χ1v) is 6.05. The van der Waals surface area contributed by atoms with Crippen LogP contribution >= 0.6 is 0 Å². The lowest BCUT2D eigenvalue weighted by molar-refractivity contribution is -0.125. The van der Waals surface area contributed by atoms with E-state index in [0.717, 1.165) is 25.8 Å². The van der Waals surface area contributed by atoms with Crippen molar-refractivity contribution >= 4 is 5.91 Å². The number of rotatable bonds is 3. The maximum Gasteiger partial charge on any atom is 0.220 e. The van der Waals surface area contributed by atoms with Crippen molar-refractivity contribution < 1.29 is 4.79 Å². The van der Waals surface area contributed by atoms with Gasteiger partial charge in [0, 0.05) is 13.0 Å². The van der Waals surface area contributed by atoms with Crippen LogP contribution in [0.25, 0.3) is 0 Å². The van der Waals surface area contributed by atoms with Crippen molar-refractivity contribution in [2.75, 3.05) is 6.54 Å². The first-order chi connectivity index (χ1) is 7.74. The quantitative estimate of drug-likeness (QED) is 0.828. The Hall–Kier alpha value is -1.31. The highest BCUT2D eigenvalue weighted by atomic mass is 16.1. The summed E-state index contributed by atoms with van der Waals surface area (Å²) < 4.78 is 0. The van der Waals surface area contributed by atoms with Crippen molar-refractivity contribution in [3.8, 4) is 0 Å². The molecule has 1 aromatic rings. The highest BCUT2D eigenvalue weighted by molar-refractivity contribution is 5.77. The molecule has 1 atom stereocenters. The molecule has 2 heteroatoms. The summed E-state index contributed by atoms with van der Waals surface area (Å²) in [7, 11) is 0. The first kappa shape index (κ1) is 11.2. The first-order valence-electron chi connectivity index (χ1n) is 6.05. The highest BCUT2D eigenvalue weighted by Gasteiger charge is 2.33. The number of nitrogens with one attached hydrogen (secondary N) is 1. The van der Waals surface area contributed by atoms with Crippen molar-refractivity contribution in [2.24, 2.45) is 5.41 Å². The molecule has 0 bridgehead atoms. The predicted octanol–water partition coefficient (Wildman–Crippen LogP) is 2.54. The van der Waals surface area contributed by atoms with E-state index < -0.39 is 0 Å². The molecule has 2 rings (SSSR count). The lowest BCUT2D eigenvalue weighted by Gasteiger charge is -2.36. The van der Waals surface area contributed by atoms with Gasteiger partial charge in [-0.1, -0.05) is 37.3 Å². The Kier molecular flexibility index (Phi) is 3.28. The fraction of sp³-hybridized carbons (Fsp3) is 0.500. The Morgan fingerprint density at radius 1 is 1.31 bits per heavy atom. The molecule has 2 nitrogen and oxygen atoms in total. The zero-order chi connectivity index (χ0) is 11.4. The van der Waals surface area contributed by atoms with Crippen LogP contribution in [0.2, 0.25) is 0 Å². The Labute approximate surface area is 97.1 Å². The number of hydrogen-bond acceptors (Lipinski definition) is 1. The molecule has 0 aliphatic carbocycles. The zero-order valence-electron chi connectivity index (χ0n) is 9.83. The summed E-state index contributed by atoms with van der Waals surface area (Å²) in [6, 6.07) is 10.5.